The van der Waals surface area contributed by atoms with Crippen LogP contribution in [0, 0.1) is 0 Å². The van der Waals surface area contributed by atoms with Gasteiger partial charge in [0.25, 0.3) is 11.8 Å². The molecule has 1 heterocycles. The Hall–Kier alpha value is -3.91. The molecule has 0 aliphatic heterocycles. The topological polar surface area (TPSA) is 85.2 Å². The van der Waals surface area contributed by atoms with E-state index in [-0.39, 0.29) is 18.4 Å². The predicted octanol–water partition coefficient (Wildman–Crippen LogP) is 4.90. The second-order valence-electron chi connectivity index (χ2n) is 6.78. The Morgan fingerprint density at radius 1 is 0.875 bits per heavy atom. The van der Waals surface area contributed by atoms with Crippen LogP contribution in [0.15, 0.2) is 95.6 Å². The molecule has 0 saturated heterocycles. The van der Waals surface area contributed by atoms with Crippen LogP contribution in [0.25, 0.3) is 5.69 Å². The summed E-state index contributed by atoms with van der Waals surface area (Å²) in [6.07, 6.45) is 1.76. The first-order chi connectivity index (χ1) is 15.6. The van der Waals surface area contributed by atoms with Crippen molar-refractivity contribution < 1.29 is 14.3 Å². The molecular formula is C24H19BrN4O3. The van der Waals surface area contributed by atoms with E-state index in [1.165, 1.54) is 0 Å². The molecule has 7 nitrogen and oxygen atoms in total. The number of nitrogens with one attached hydrogen (secondary N) is 2. The number of hydrogen-bond acceptors (Lipinski definition) is 4. The molecule has 0 unspecified atom stereocenters. The highest BCUT2D eigenvalue weighted by Gasteiger charge is 2.15. The van der Waals surface area contributed by atoms with E-state index in [2.05, 4.69) is 31.7 Å². The number of ether oxygens (including phenoxy) is 1. The third-order valence-electron chi connectivity index (χ3n) is 4.47. The molecule has 0 radical (unpaired) electrons. The lowest BCUT2D eigenvalue weighted by Gasteiger charge is -2.11. The largest absolute Gasteiger partial charge is 0.483 e. The summed E-state index contributed by atoms with van der Waals surface area (Å²) >= 11 is 3.35. The number of carbonyl (C=O) groups excluding carboxylic acids is 2. The van der Waals surface area contributed by atoms with Crippen LogP contribution in [-0.4, -0.2) is 28.2 Å². The Labute approximate surface area is 193 Å². The van der Waals surface area contributed by atoms with Crippen molar-refractivity contribution in [2.45, 2.75) is 0 Å². The molecule has 0 fully saturated rings. The molecule has 160 valence electrons. The Morgan fingerprint density at radius 3 is 2.38 bits per heavy atom. The van der Waals surface area contributed by atoms with E-state index in [0.717, 1.165) is 10.2 Å². The molecule has 0 bridgehead atoms. The van der Waals surface area contributed by atoms with Crippen LogP contribution in [0.4, 0.5) is 11.5 Å². The van der Waals surface area contributed by atoms with Crippen molar-refractivity contribution in [1.82, 2.24) is 9.78 Å². The molecule has 8 heteroatoms. The number of amides is 2. The van der Waals surface area contributed by atoms with Crippen molar-refractivity contribution in [2.24, 2.45) is 0 Å². The predicted molar refractivity (Wildman–Crippen MR) is 126 cm³/mol. The minimum absolute atomic E-state index is 0.233. The molecule has 0 spiro atoms. The maximum absolute atomic E-state index is 12.8. The van der Waals surface area contributed by atoms with Gasteiger partial charge in [-0.15, -0.1) is 0 Å². The third-order valence-corrected chi connectivity index (χ3v) is 5.00. The Balaban J connectivity index is 1.39. The maximum Gasteiger partial charge on any atom is 0.262 e. The first-order valence-corrected chi connectivity index (χ1v) is 10.6. The summed E-state index contributed by atoms with van der Waals surface area (Å²) < 4.78 is 8.21. The van der Waals surface area contributed by atoms with E-state index in [9.17, 15) is 9.59 Å². The van der Waals surface area contributed by atoms with Gasteiger partial charge in [-0.1, -0.05) is 46.3 Å². The highest BCUT2D eigenvalue weighted by atomic mass is 79.9. The Kier molecular flexibility index (Phi) is 6.62. The SMILES string of the molecule is O=C(COc1ccccc1C(=O)Nc1ccn(-c2ccccc2)n1)Nc1ccc(Br)cc1. The van der Waals surface area contributed by atoms with E-state index < -0.39 is 0 Å². The number of halogens is 1. The summed E-state index contributed by atoms with van der Waals surface area (Å²) in [4.78, 5) is 25.0. The van der Waals surface area contributed by atoms with Gasteiger partial charge in [-0.05, 0) is 48.5 Å². The molecule has 2 amide bonds. The summed E-state index contributed by atoms with van der Waals surface area (Å²) in [5, 5.41) is 9.89. The zero-order valence-corrected chi connectivity index (χ0v) is 18.5. The molecule has 2 N–H and O–H groups in total. The van der Waals surface area contributed by atoms with Crippen LogP contribution in [0.5, 0.6) is 5.75 Å². The number of nitrogens with zero attached hydrogens (tertiary/aromatic N) is 2. The van der Waals surface area contributed by atoms with Gasteiger partial charge >= 0.3 is 0 Å². The molecule has 0 aliphatic carbocycles. The van der Waals surface area contributed by atoms with Crippen LogP contribution in [-0.2, 0) is 4.79 Å². The normalized spacial score (nSPS) is 10.4. The van der Waals surface area contributed by atoms with Gasteiger partial charge in [-0.25, -0.2) is 4.68 Å². The van der Waals surface area contributed by atoms with Crippen molar-refractivity contribution in [3.05, 3.63) is 101 Å². The van der Waals surface area contributed by atoms with Crippen LogP contribution < -0.4 is 15.4 Å². The first-order valence-electron chi connectivity index (χ1n) is 9.78. The maximum atomic E-state index is 12.8. The minimum atomic E-state index is -0.382. The summed E-state index contributed by atoms with van der Waals surface area (Å²) in [5.41, 5.74) is 1.84. The molecule has 0 saturated carbocycles. The number of benzene rings is 3. The summed E-state index contributed by atoms with van der Waals surface area (Å²) in [5.74, 6) is -0.00328. The quantitative estimate of drug-likeness (QED) is 0.385. The van der Waals surface area contributed by atoms with E-state index in [4.69, 9.17) is 4.74 Å². The fourth-order valence-corrected chi connectivity index (χ4v) is 3.22. The smallest absolute Gasteiger partial charge is 0.262 e. The molecule has 0 aliphatic rings. The van der Waals surface area contributed by atoms with Crippen molar-refractivity contribution in [2.75, 3.05) is 17.2 Å². The number of rotatable bonds is 7. The molecular weight excluding hydrogens is 472 g/mol. The fraction of sp³-hybridized carbons (Fsp3) is 0.0417. The molecule has 32 heavy (non-hydrogen) atoms. The monoisotopic (exact) mass is 490 g/mol. The van der Waals surface area contributed by atoms with Gasteiger partial charge in [-0.2, -0.15) is 5.10 Å². The molecule has 3 aromatic carbocycles. The van der Waals surface area contributed by atoms with Crippen LogP contribution >= 0.6 is 15.9 Å². The molecule has 4 aromatic rings. The van der Waals surface area contributed by atoms with Gasteiger partial charge in [0.05, 0.1) is 11.3 Å². The zero-order valence-electron chi connectivity index (χ0n) is 16.9. The fourth-order valence-electron chi connectivity index (χ4n) is 2.95. The van der Waals surface area contributed by atoms with Crippen molar-refractivity contribution in [3.63, 3.8) is 0 Å². The van der Waals surface area contributed by atoms with E-state index in [0.29, 0.717) is 22.8 Å². The number of para-hydroxylation sites is 2. The van der Waals surface area contributed by atoms with Gasteiger partial charge in [0, 0.05) is 22.4 Å². The summed E-state index contributed by atoms with van der Waals surface area (Å²) in [7, 11) is 0. The van der Waals surface area contributed by atoms with Crippen LogP contribution in [0.1, 0.15) is 10.4 Å². The molecule has 0 atom stereocenters. The Bertz CT molecular complexity index is 1220. The van der Waals surface area contributed by atoms with Crippen molar-refractivity contribution >= 4 is 39.2 Å². The van der Waals surface area contributed by atoms with Gasteiger partial charge < -0.3 is 15.4 Å². The van der Waals surface area contributed by atoms with Crippen LogP contribution in [0.2, 0.25) is 0 Å². The molecule has 4 rings (SSSR count). The number of carbonyl (C=O) groups is 2. The number of anilines is 2. The van der Waals surface area contributed by atoms with Gasteiger partial charge in [-0.3, -0.25) is 9.59 Å². The highest BCUT2D eigenvalue weighted by Crippen LogP contribution is 2.20. The third kappa shape index (κ3) is 5.41. The average Bonchev–Trinajstić information content (AvgIpc) is 3.28. The number of hydrogen-bond donors (Lipinski definition) is 2. The number of aromatic nitrogens is 2. The van der Waals surface area contributed by atoms with Crippen molar-refractivity contribution in [3.8, 4) is 11.4 Å². The van der Waals surface area contributed by atoms with E-state index >= 15 is 0 Å². The second-order valence-corrected chi connectivity index (χ2v) is 7.69. The Morgan fingerprint density at radius 2 is 1.59 bits per heavy atom. The average molecular weight is 491 g/mol. The standard InChI is InChI=1S/C24H19BrN4O3/c25-17-10-12-18(13-11-17)26-23(30)16-32-21-9-5-4-8-20(21)24(31)27-22-14-15-29(28-22)19-6-2-1-3-7-19/h1-15H,16H2,(H,26,30)(H,27,28,31). The molecule has 1 aromatic heterocycles. The van der Waals surface area contributed by atoms with E-state index in [1.807, 2.05) is 42.5 Å². The lowest BCUT2D eigenvalue weighted by molar-refractivity contribution is -0.118. The highest BCUT2D eigenvalue weighted by molar-refractivity contribution is 9.10. The lowest BCUT2D eigenvalue weighted by Crippen LogP contribution is -2.21. The lowest BCUT2D eigenvalue weighted by atomic mass is 10.2. The van der Waals surface area contributed by atoms with Gasteiger partial charge in [0.1, 0.15) is 5.75 Å². The van der Waals surface area contributed by atoms with Gasteiger partial charge in [0.15, 0.2) is 12.4 Å². The van der Waals surface area contributed by atoms with Gasteiger partial charge in [0.2, 0.25) is 0 Å². The first kappa shape index (κ1) is 21.3. The zero-order chi connectivity index (χ0) is 22.3. The minimum Gasteiger partial charge on any atom is -0.483 e. The second kappa shape index (κ2) is 9.93. The summed E-state index contributed by atoms with van der Waals surface area (Å²) in [6, 6.07) is 25.2. The van der Waals surface area contributed by atoms with Crippen LogP contribution in [0.3, 0.4) is 0 Å². The summed E-state index contributed by atoms with van der Waals surface area (Å²) in [6.45, 7) is -0.233. The van der Waals surface area contributed by atoms with E-state index in [1.54, 1.807) is 53.3 Å². The van der Waals surface area contributed by atoms with Crippen molar-refractivity contribution in [1.29, 1.82) is 0 Å².